The van der Waals surface area contributed by atoms with Crippen LogP contribution in [-0.2, 0) is 11.2 Å². The van der Waals surface area contributed by atoms with E-state index in [0.29, 0.717) is 6.42 Å². The van der Waals surface area contributed by atoms with Gasteiger partial charge in [0.05, 0.1) is 0 Å². The third-order valence-corrected chi connectivity index (χ3v) is 5.21. The molecular weight excluding hydrogens is 352 g/mol. The Bertz CT molecular complexity index is 839. The first-order chi connectivity index (χ1) is 10.9. The van der Waals surface area contributed by atoms with Crippen LogP contribution in [0.15, 0.2) is 44.8 Å². The number of furan rings is 1. The molecule has 1 atom stereocenters. The Morgan fingerprint density at radius 3 is 2.74 bits per heavy atom. The molecule has 1 aromatic heterocycles. The molecule has 0 N–H and O–H groups in total. The van der Waals surface area contributed by atoms with E-state index in [1.807, 2.05) is 13.8 Å². The maximum Gasteiger partial charge on any atom is 0.159 e. The third kappa shape index (κ3) is 2.94. The molecule has 1 aliphatic rings. The molecule has 0 aliphatic heterocycles. The number of benzene rings is 1. The van der Waals surface area contributed by atoms with Crippen molar-refractivity contribution >= 4 is 38.3 Å². The number of rotatable bonds is 3. The molecule has 0 saturated carbocycles. The summed E-state index contributed by atoms with van der Waals surface area (Å²) < 4.78 is 7.06. The van der Waals surface area contributed by atoms with E-state index in [-0.39, 0.29) is 11.7 Å². The lowest BCUT2D eigenvalue weighted by atomic mass is 9.78. The van der Waals surface area contributed by atoms with Gasteiger partial charge in [-0.3, -0.25) is 4.79 Å². The van der Waals surface area contributed by atoms with Crippen LogP contribution in [0.2, 0.25) is 0 Å². The van der Waals surface area contributed by atoms with E-state index in [9.17, 15) is 4.79 Å². The molecule has 2 aromatic rings. The number of carbonyl (C=O) groups excluding carboxylic acids is 1. The van der Waals surface area contributed by atoms with E-state index in [1.165, 1.54) is 0 Å². The fourth-order valence-electron chi connectivity index (χ4n) is 3.25. The Balaban J connectivity index is 2.21. The van der Waals surface area contributed by atoms with Crippen LogP contribution < -0.4 is 0 Å². The van der Waals surface area contributed by atoms with Gasteiger partial charge in [-0.25, -0.2) is 0 Å². The zero-order valence-electron chi connectivity index (χ0n) is 13.8. The van der Waals surface area contributed by atoms with Gasteiger partial charge in [-0.05, 0) is 55.5 Å². The molecular formula is C20H21BrO2. The smallest absolute Gasteiger partial charge is 0.159 e. The number of halogens is 1. The number of allylic oxidation sites excluding steroid dienone is 3. The van der Waals surface area contributed by atoms with E-state index in [1.54, 1.807) is 0 Å². The van der Waals surface area contributed by atoms with Crippen LogP contribution in [0.5, 0.6) is 0 Å². The third-order valence-electron chi connectivity index (χ3n) is 4.76. The number of fused-ring (bicyclic) bond motifs is 1. The van der Waals surface area contributed by atoms with Gasteiger partial charge in [-0.2, -0.15) is 0 Å². The SMILES string of the molecule is C=C(C)C1CC(=O)C(C)=C(c2cc(Br)cc3cc(CC)oc23)C1. The number of Topliss-reactive ketones (excluding diaryl/α,β-unsaturated/α-hetero) is 1. The molecule has 1 heterocycles. The summed E-state index contributed by atoms with van der Waals surface area (Å²) in [4.78, 5) is 12.4. The van der Waals surface area contributed by atoms with Crippen molar-refractivity contribution in [3.8, 4) is 0 Å². The maximum atomic E-state index is 12.4. The fourth-order valence-corrected chi connectivity index (χ4v) is 3.72. The summed E-state index contributed by atoms with van der Waals surface area (Å²) >= 11 is 3.59. The lowest BCUT2D eigenvalue weighted by molar-refractivity contribution is -0.116. The van der Waals surface area contributed by atoms with Gasteiger partial charge in [0.2, 0.25) is 0 Å². The highest BCUT2D eigenvalue weighted by Crippen LogP contribution is 2.41. The van der Waals surface area contributed by atoms with Gasteiger partial charge in [0.15, 0.2) is 5.78 Å². The van der Waals surface area contributed by atoms with Gasteiger partial charge in [-0.15, -0.1) is 0 Å². The average molecular weight is 373 g/mol. The predicted molar refractivity (Wildman–Crippen MR) is 98.4 cm³/mol. The van der Waals surface area contributed by atoms with E-state index in [2.05, 4.69) is 47.6 Å². The monoisotopic (exact) mass is 372 g/mol. The largest absolute Gasteiger partial charge is 0.460 e. The van der Waals surface area contributed by atoms with Crippen LogP contribution >= 0.6 is 15.9 Å². The fraction of sp³-hybridized carbons (Fsp3) is 0.350. The predicted octanol–water partition coefficient (Wildman–Crippen LogP) is 6.09. The van der Waals surface area contributed by atoms with Gasteiger partial charge in [0.25, 0.3) is 0 Å². The highest BCUT2D eigenvalue weighted by atomic mass is 79.9. The van der Waals surface area contributed by atoms with Crippen molar-refractivity contribution in [3.05, 3.63) is 51.7 Å². The van der Waals surface area contributed by atoms with Crippen molar-refractivity contribution in [1.82, 2.24) is 0 Å². The highest BCUT2D eigenvalue weighted by Gasteiger charge is 2.28. The Kier molecular flexibility index (Phi) is 4.33. The first kappa shape index (κ1) is 16.3. The quantitative estimate of drug-likeness (QED) is 0.610. The van der Waals surface area contributed by atoms with E-state index >= 15 is 0 Å². The van der Waals surface area contributed by atoms with Crippen LogP contribution in [0.4, 0.5) is 0 Å². The summed E-state index contributed by atoms with van der Waals surface area (Å²) in [6.07, 6.45) is 2.28. The van der Waals surface area contributed by atoms with Crippen LogP contribution in [0.3, 0.4) is 0 Å². The minimum absolute atomic E-state index is 0.217. The first-order valence-corrected chi connectivity index (χ1v) is 8.80. The second kappa shape index (κ2) is 6.12. The van der Waals surface area contributed by atoms with Crippen molar-refractivity contribution in [2.75, 3.05) is 0 Å². The Labute approximate surface area is 145 Å². The molecule has 120 valence electrons. The zero-order valence-corrected chi connectivity index (χ0v) is 15.4. The van der Waals surface area contributed by atoms with Crippen molar-refractivity contribution in [3.63, 3.8) is 0 Å². The lowest BCUT2D eigenvalue weighted by Crippen LogP contribution is -2.18. The molecule has 23 heavy (non-hydrogen) atoms. The molecule has 3 rings (SSSR count). The number of ketones is 1. The van der Waals surface area contributed by atoms with Crippen molar-refractivity contribution < 1.29 is 9.21 Å². The van der Waals surface area contributed by atoms with Gasteiger partial charge >= 0.3 is 0 Å². The van der Waals surface area contributed by atoms with Gasteiger partial charge < -0.3 is 4.42 Å². The molecule has 0 spiro atoms. The summed E-state index contributed by atoms with van der Waals surface area (Å²) in [5.74, 6) is 1.40. The Hall–Kier alpha value is -1.61. The molecule has 1 aliphatic carbocycles. The Morgan fingerprint density at radius 2 is 2.09 bits per heavy atom. The molecule has 0 radical (unpaired) electrons. The number of carbonyl (C=O) groups is 1. The molecule has 0 amide bonds. The maximum absolute atomic E-state index is 12.4. The molecule has 1 aromatic carbocycles. The van der Waals surface area contributed by atoms with Crippen molar-refractivity contribution in [1.29, 1.82) is 0 Å². The summed E-state index contributed by atoms with van der Waals surface area (Å²) in [5, 5.41) is 1.08. The summed E-state index contributed by atoms with van der Waals surface area (Å²) in [7, 11) is 0. The van der Waals surface area contributed by atoms with Gasteiger partial charge in [0.1, 0.15) is 11.3 Å². The first-order valence-electron chi connectivity index (χ1n) is 8.01. The van der Waals surface area contributed by atoms with E-state index in [4.69, 9.17) is 4.42 Å². The second-order valence-electron chi connectivity index (χ2n) is 6.42. The van der Waals surface area contributed by atoms with Crippen molar-refractivity contribution in [2.24, 2.45) is 5.92 Å². The van der Waals surface area contributed by atoms with Crippen LogP contribution in [0, 0.1) is 5.92 Å². The molecule has 0 saturated heterocycles. The number of aryl methyl sites for hydroxylation is 1. The normalized spacial score (nSPS) is 18.8. The Morgan fingerprint density at radius 1 is 1.35 bits per heavy atom. The van der Waals surface area contributed by atoms with Crippen LogP contribution in [0.25, 0.3) is 16.5 Å². The summed E-state index contributed by atoms with van der Waals surface area (Å²) in [5.41, 5.74) is 4.94. The summed E-state index contributed by atoms with van der Waals surface area (Å²) in [6, 6.07) is 6.22. The lowest BCUT2D eigenvalue weighted by Gasteiger charge is -2.25. The van der Waals surface area contributed by atoms with Crippen LogP contribution in [0.1, 0.15) is 44.9 Å². The molecule has 3 heteroatoms. The van der Waals surface area contributed by atoms with E-state index in [0.717, 1.165) is 56.3 Å². The topological polar surface area (TPSA) is 30.2 Å². The summed E-state index contributed by atoms with van der Waals surface area (Å²) in [6.45, 7) is 10.1. The average Bonchev–Trinajstić information content (AvgIpc) is 2.91. The standard InChI is InChI=1S/C20H21BrO2/c1-5-16-7-14-6-15(21)10-18(20(14)23-16)17-8-13(11(2)3)9-19(22)12(17)4/h6-7,10,13H,2,5,8-9H2,1,3-4H3. The zero-order chi connectivity index (χ0) is 16.7. The van der Waals surface area contributed by atoms with Crippen molar-refractivity contribution in [2.45, 2.75) is 40.0 Å². The van der Waals surface area contributed by atoms with Crippen LogP contribution in [-0.4, -0.2) is 5.78 Å². The van der Waals surface area contributed by atoms with Gasteiger partial charge in [0, 0.05) is 28.3 Å². The minimum atomic E-state index is 0.217. The molecule has 0 bridgehead atoms. The number of hydrogen-bond donors (Lipinski definition) is 0. The second-order valence-corrected chi connectivity index (χ2v) is 7.33. The highest BCUT2D eigenvalue weighted by molar-refractivity contribution is 9.10. The molecule has 2 nitrogen and oxygen atoms in total. The van der Waals surface area contributed by atoms with E-state index < -0.39 is 0 Å². The molecule has 0 fully saturated rings. The molecule has 1 unspecified atom stereocenters. The minimum Gasteiger partial charge on any atom is -0.460 e. The number of hydrogen-bond acceptors (Lipinski definition) is 2. The van der Waals surface area contributed by atoms with Gasteiger partial charge in [-0.1, -0.05) is 35.0 Å².